The smallest absolute Gasteiger partial charge is 0.163 e. The predicted octanol–water partition coefficient (Wildman–Crippen LogP) is -3.59. The Morgan fingerprint density at radius 2 is 1.43 bits per heavy atom. The Balaban J connectivity index is 2.11. The van der Waals surface area contributed by atoms with E-state index in [1.165, 1.54) is 32.9 Å². The number of fused-ring (bicyclic) bond motifs is 1. The van der Waals surface area contributed by atoms with Crippen LogP contribution in [-0.2, 0) is 0 Å². The standard InChI is InChI=1S/C19H17B5BrN3/c20-12-11(13(21)15(23)16(24)14(12)22)17-10-5-2-6-26-19(10)28-18(27-17)8-3-1-4-9(25)7-8/h1-7H,20-24H2. The third kappa shape index (κ3) is 3.12. The van der Waals surface area contributed by atoms with Gasteiger partial charge in [-0.25, -0.2) is 15.0 Å². The zero-order chi connectivity index (χ0) is 20.0. The molecule has 0 aliphatic heterocycles. The molecule has 28 heavy (non-hydrogen) atoms. The fraction of sp³-hybridized carbons (Fsp3) is 0. The average Bonchev–Trinajstić information content (AvgIpc) is 2.70. The molecule has 2 aromatic carbocycles. The van der Waals surface area contributed by atoms with E-state index in [0.717, 1.165) is 26.8 Å². The number of aromatic nitrogens is 3. The van der Waals surface area contributed by atoms with Crippen LogP contribution in [0, 0.1) is 0 Å². The lowest BCUT2D eigenvalue weighted by atomic mass is 9.60. The molecule has 0 fully saturated rings. The van der Waals surface area contributed by atoms with Crippen LogP contribution in [0.4, 0.5) is 0 Å². The van der Waals surface area contributed by atoms with Crippen LogP contribution in [-0.4, -0.2) is 54.2 Å². The van der Waals surface area contributed by atoms with Crippen LogP contribution in [0.25, 0.3) is 33.7 Å². The third-order valence-electron chi connectivity index (χ3n) is 5.79. The molecule has 2 aromatic heterocycles. The maximum absolute atomic E-state index is 5.04. The molecule has 0 amide bonds. The number of halogens is 1. The van der Waals surface area contributed by atoms with Crippen LogP contribution in [0.15, 0.2) is 47.1 Å². The normalized spacial score (nSPS) is 11.0. The largest absolute Gasteiger partial charge is 0.236 e. The molecule has 9 heteroatoms. The van der Waals surface area contributed by atoms with Gasteiger partial charge >= 0.3 is 0 Å². The van der Waals surface area contributed by atoms with Crippen molar-refractivity contribution in [1.29, 1.82) is 0 Å². The molecule has 4 aromatic rings. The third-order valence-corrected chi connectivity index (χ3v) is 6.28. The molecule has 130 valence electrons. The van der Waals surface area contributed by atoms with Gasteiger partial charge in [0.05, 0.1) is 5.69 Å². The molecule has 0 atom stereocenters. The number of hydrogen-bond acceptors (Lipinski definition) is 3. The average molecular weight is 421 g/mol. The quantitative estimate of drug-likeness (QED) is 0.315. The fourth-order valence-corrected chi connectivity index (χ4v) is 4.16. The van der Waals surface area contributed by atoms with Crippen molar-refractivity contribution in [1.82, 2.24) is 15.0 Å². The molecule has 2 heterocycles. The minimum absolute atomic E-state index is 0.692. The van der Waals surface area contributed by atoms with Crippen molar-refractivity contribution in [2.75, 3.05) is 0 Å². The molecular formula is C19H17B5BrN3. The number of rotatable bonds is 2. The van der Waals surface area contributed by atoms with Gasteiger partial charge in [0.15, 0.2) is 11.5 Å². The molecule has 0 unspecified atom stereocenters. The number of benzene rings is 2. The minimum atomic E-state index is 0.692. The Bertz CT molecular complexity index is 1220. The summed E-state index contributed by atoms with van der Waals surface area (Å²) in [4.78, 5) is 14.3. The summed E-state index contributed by atoms with van der Waals surface area (Å²) in [5.74, 6) is 0.692. The van der Waals surface area contributed by atoms with E-state index in [4.69, 9.17) is 9.97 Å². The summed E-state index contributed by atoms with van der Waals surface area (Å²) in [6.07, 6.45) is 1.79. The first-order chi connectivity index (χ1) is 13.4. The second kappa shape index (κ2) is 7.28. The molecule has 0 saturated carbocycles. The van der Waals surface area contributed by atoms with E-state index in [1.807, 2.05) is 30.3 Å². The van der Waals surface area contributed by atoms with Crippen molar-refractivity contribution in [2.24, 2.45) is 0 Å². The Morgan fingerprint density at radius 3 is 2.11 bits per heavy atom. The second-order valence-electron chi connectivity index (χ2n) is 7.28. The van der Waals surface area contributed by atoms with Crippen molar-refractivity contribution in [2.45, 2.75) is 0 Å². The number of nitrogens with zero attached hydrogens (tertiary/aromatic N) is 3. The van der Waals surface area contributed by atoms with Crippen molar-refractivity contribution in [3.8, 4) is 22.6 Å². The van der Waals surface area contributed by atoms with Crippen LogP contribution < -0.4 is 27.3 Å². The van der Waals surface area contributed by atoms with Crippen LogP contribution in [0.3, 0.4) is 0 Å². The van der Waals surface area contributed by atoms with Gasteiger partial charge < -0.3 is 0 Å². The van der Waals surface area contributed by atoms with E-state index in [-0.39, 0.29) is 0 Å². The Hall–Kier alpha value is -2.27. The van der Waals surface area contributed by atoms with E-state index in [9.17, 15) is 0 Å². The monoisotopic (exact) mass is 421 g/mol. The molecule has 0 N–H and O–H groups in total. The van der Waals surface area contributed by atoms with Crippen LogP contribution in [0.1, 0.15) is 0 Å². The van der Waals surface area contributed by atoms with E-state index in [0.29, 0.717) is 5.82 Å². The van der Waals surface area contributed by atoms with Gasteiger partial charge in [0.25, 0.3) is 0 Å². The number of pyridine rings is 1. The molecule has 0 spiro atoms. The summed E-state index contributed by atoms with van der Waals surface area (Å²) in [5, 5.41) is 0.982. The molecule has 0 aliphatic rings. The first-order valence-electron chi connectivity index (χ1n) is 9.34. The van der Waals surface area contributed by atoms with Gasteiger partial charge in [-0.15, -0.1) is 16.4 Å². The Morgan fingerprint density at radius 1 is 0.750 bits per heavy atom. The zero-order valence-electron chi connectivity index (χ0n) is 16.8. The molecule has 0 bridgehead atoms. The van der Waals surface area contributed by atoms with Crippen molar-refractivity contribution in [3.63, 3.8) is 0 Å². The summed E-state index contributed by atoms with van der Waals surface area (Å²) >= 11 is 3.55. The molecular weight excluding hydrogens is 404 g/mol. The van der Waals surface area contributed by atoms with Crippen LogP contribution in [0.2, 0.25) is 0 Å². The van der Waals surface area contributed by atoms with E-state index in [1.54, 1.807) is 6.20 Å². The molecule has 4 rings (SSSR count). The Labute approximate surface area is 178 Å². The highest BCUT2D eigenvalue weighted by atomic mass is 79.9. The summed E-state index contributed by atoms with van der Waals surface area (Å²) in [7, 11) is 11.0. The van der Waals surface area contributed by atoms with Crippen molar-refractivity contribution >= 4 is 93.5 Å². The summed E-state index contributed by atoms with van der Waals surface area (Å²) in [5.41, 5.74) is 10.4. The molecule has 3 nitrogen and oxygen atoms in total. The lowest BCUT2D eigenvalue weighted by Crippen LogP contribution is -2.55. The van der Waals surface area contributed by atoms with E-state index in [2.05, 4.69) is 66.2 Å². The van der Waals surface area contributed by atoms with E-state index < -0.39 is 0 Å². The molecule has 0 radical (unpaired) electrons. The van der Waals surface area contributed by atoms with Crippen LogP contribution >= 0.6 is 15.9 Å². The lowest BCUT2D eigenvalue weighted by molar-refractivity contribution is 1.19. The highest BCUT2D eigenvalue weighted by molar-refractivity contribution is 9.10. The summed E-state index contributed by atoms with van der Waals surface area (Å²) in [6.45, 7) is 0. The van der Waals surface area contributed by atoms with Gasteiger partial charge in [-0.1, -0.05) is 39.0 Å². The van der Waals surface area contributed by atoms with Gasteiger partial charge in [0.2, 0.25) is 0 Å². The molecule has 0 aliphatic carbocycles. The second-order valence-corrected chi connectivity index (χ2v) is 8.20. The first-order valence-corrected chi connectivity index (χ1v) is 10.1. The highest BCUT2D eigenvalue weighted by Gasteiger charge is 2.18. The zero-order valence-corrected chi connectivity index (χ0v) is 18.3. The number of hydrogen-bond donors (Lipinski definition) is 0. The minimum Gasteiger partial charge on any atom is -0.236 e. The highest BCUT2D eigenvalue weighted by Crippen LogP contribution is 2.27. The predicted molar refractivity (Wildman–Crippen MR) is 137 cm³/mol. The van der Waals surface area contributed by atoms with Gasteiger partial charge in [0, 0.05) is 21.6 Å². The van der Waals surface area contributed by atoms with Gasteiger partial charge in [-0.3, -0.25) is 0 Å². The van der Waals surface area contributed by atoms with Crippen molar-refractivity contribution < 1.29 is 0 Å². The fourth-order valence-electron chi connectivity index (χ4n) is 3.76. The summed E-state index contributed by atoms with van der Waals surface area (Å²) in [6, 6.07) is 12.1. The molecule has 0 saturated heterocycles. The van der Waals surface area contributed by atoms with Gasteiger partial charge in [-0.05, 0) is 29.8 Å². The summed E-state index contributed by atoms with van der Waals surface area (Å²) < 4.78 is 1.01. The van der Waals surface area contributed by atoms with E-state index >= 15 is 0 Å². The van der Waals surface area contributed by atoms with Gasteiger partial charge in [-0.2, -0.15) is 0 Å². The SMILES string of the molecule is Bc1c(B)c(B)c(-c2nc(-c3cccc(Br)c3)nc3ncccc23)c(B)c1B. The van der Waals surface area contributed by atoms with Gasteiger partial charge in [0.1, 0.15) is 39.2 Å². The van der Waals surface area contributed by atoms with Crippen LogP contribution in [0.5, 0.6) is 0 Å². The lowest BCUT2D eigenvalue weighted by Gasteiger charge is -2.21. The topological polar surface area (TPSA) is 38.7 Å². The van der Waals surface area contributed by atoms with Crippen molar-refractivity contribution in [3.05, 3.63) is 47.1 Å². The Kier molecular flexibility index (Phi) is 4.96. The first kappa shape index (κ1) is 19.1. The maximum atomic E-state index is 5.04. The maximum Gasteiger partial charge on any atom is 0.163 e.